The van der Waals surface area contributed by atoms with E-state index in [2.05, 4.69) is 31.2 Å². The van der Waals surface area contributed by atoms with Crippen molar-refractivity contribution in [1.29, 1.82) is 0 Å². The van der Waals surface area contributed by atoms with Gasteiger partial charge in [0.2, 0.25) is 0 Å². The standard InChI is InChI=1S/C18H20O/c1-3-18(15(2)19,17-12-8-5-9-13-17)14-16-10-6-4-7-11-16/h4-13H,3,14H2,1-2H3/t18-/m0/s1. The van der Waals surface area contributed by atoms with E-state index in [9.17, 15) is 4.79 Å². The van der Waals surface area contributed by atoms with Gasteiger partial charge < -0.3 is 0 Å². The van der Waals surface area contributed by atoms with Crippen molar-refractivity contribution in [3.8, 4) is 0 Å². The molecular formula is C18H20O. The van der Waals surface area contributed by atoms with Gasteiger partial charge >= 0.3 is 0 Å². The molecule has 0 spiro atoms. The van der Waals surface area contributed by atoms with Crippen molar-refractivity contribution in [2.45, 2.75) is 32.1 Å². The molecule has 0 amide bonds. The van der Waals surface area contributed by atoms with E-state index in [1.54, 1.807) is 6.92 Å². The summed E-state index contributed by atoms with van der Waals surface area (Å²) >= 11 is 0. The van der Waals surface area contributed by atoms with E-state index in [4.69, 9.17) is 0 Å². The van der Waals surface area contributed by atoms with E-state index >= 15 is 0 Å². The molecular weight excluding hydrogens is 232 g/mol. The summed E-state index contributed by atoms with van der Waals surface area (Å²) in [6.07, 6.45) is 1.59. The Labute approximate surface area is 115 Å². The molecule has 1 atom stereocenters. The minimum absolute atomic E-state index is 0.241. The van der Waals surface area contributed by atoms with Crippen LogP contribution in [0, 0.1) is 0 Å². The Kier molecular flexibility index (Phi) is 4.16. The van der Waals surface area contributed by atoms with Gasteiger partial charge in [-0.25, -0.2) is 0 Å². The van der Waals surface area contributed by atoms with Crippen molar-refractivity contribution in [1.82, 2.24) is 0 Å². The lowest BCUT2D eigenvalue weighted by Gasteiger charge is -2.31. The monoisotopic (exact) mass is 252 g/mol. The number of ketones is 1. The van der Waals surface area contributed by atoms with Crippen molar-refractivity contribution >= 4 is 5.78 Å². The molecule has 19 heavy (non-hydrogen) atoms. The number of hydrogen-bond acceptors (Lipinski definition) is 1. The number of benzene rings is 2. The molecule has 0 aromatic heterocycles. The van der Waals surface area contributed by atoms with Gasteiger partial charge in [-0.3, -0.25) is 4.79 Å². The first-order valence-electron chi connectivity index (χ1n) is 6.79. The molecule has 1 nitrogen and oxygen atoms in total. The van der Waals surface area contributed by atoms with Crippen LogP contribution in [-0.2, 0) is 16.6 Å². The molecule has 2 rings (SSSR count). The van der Waals surface area contributed by atoms with Gasteiger partial charge in [-0.05, 0) is 30.9 Å². The molecule has 0 heterocycles. The van der Waals surface area contributed by atoms with Crippen molar-refractivity contribution in [2.24, 2.45) is 0 Å². The number of carbonyl (C=O) groups is 1. The van der Waals surface area contributed by atoms with Crippen molar-refractivity contribution < 1.29 is 4.79 Å². The Morgan fingerprint density at radius 3 is 1.95 bits per heavy atom. The van der Waals surface area contributed by atoms with Crippen LogP contribution in [-0.4, -0.2) is 5.78 Å². The quantitative estimate of drug-likeness (QED) is 0.780. The normalized spacial score (nSPS) is 13.8. The summed E-state index contributed by atoms with van der Waals surface area (Å²) < 4.78 is 0. The third kappa shape index (κ3) is 2.76. The number of rotatable bonds is 5. The molecule has 98 valence electrons. The summed E-state index contributed by atoms with van der Waals surface area (Å²) in [6, 6.07) is 20.4. The van der Waals surface area contributed by atoms with Gasteiger partial charge in [-0.15, -0.1) is 0 Å². The minimum Gasteiger partial charge on any atom is -0.299 e. The molecule has 0 bridgehead atoms. The average Bonchev–Trinajstić information content (AvgIpc) is 2.46. The van der Waals surface area contributed by atoms with Gasteiger partial charge in [-0.1, -0.05) is 67.6 Å². The molecule has 0 saturated carbocycles. The largest absolute Gasteiger partial charge is 0.299 e. The third-order valence-corrected chi connectivity index (χ3v) is 3.95. The molecule has 0 radical (unpaired) electrons. The fraction of sp³-hybridized carbons (Fsp3) is 0.278. The SMILES string of the molecule is CC[C@](Cc1ccccc1)(C(C)=O)c1ccccc1. The zero-order valence-electron chi connectivity index (χ0n) is 11.6. The Balaban J connectivity index is 2.44. The second-order valence-corrected chi connectivity index (χ2v) is 5.02. The molecule has 2 aromatic carbocycles. The Hall–Kier alpha value is -1.89. The highest BCUT2D eigenvalue weighted by atomic mass is 16.1. The van der Waals surface area contributed by atoms with Crippen LogP contribution in [0.3, 0.4) is 0 Å². The second kappa shape index (κ2) is 5.83. The average molecular weight is 252 g/mol. The van der Waals surface area contributed by atoms with Crippen molar-refractivity contribution in [3.05, 3.63) is 71.8 Å². The number of hydrogen-bond donors (Lipinski definition) is 0. The topological polar surface area (TPSA) is 17.1 Å². The number of carbonyl (C=O) groups excluding carboxylic acids is 1. The summed E-state index contributed by atoms with van der Waals surface area (Å²) in [7, 11) is 0. The smallest absolute Gasteiger partial charge is 0.140 e. The fourth-order valence-corrected chi connectivity index (χ4v) is 2.71. The molecule has 0 aliphatic heterocycles. The van der Waals surface area contributed by atoms with E-state index in [1.807, 2.05) is 36.4 Å². The Morgan fingerprint density at radius 1 is 0.947 bits per heavy atom. The summed E-state index contributed by atoms with van der Waals surface area (Å²) in [5.74, 6) is 0.241. The van der Waals surface area contributed by atoms with Crippen molar-refractivity contribution in [3.63, 3.8) is 0 Å². The van der Waals surface area contributed by atoms with Crippen LogP contribution in [0.15, 0.2) is 60.7 Å². The van der Waals surface area contributed by atoms with Gasteiger partial charge in [0.25, 0.3) is 0 Å². The fourth-order valence-electron chi connectivity index (χ4n) is 2.71. The van der Waals surface area contributed by atoms with Gasteiger partial charge in [0, 0.05) is 0 Å². The van der Waals surface area contributed by atoms with Crippen LogP contribution in [0.1, 0.15) is 31.4 Å². The zero-order chi connectivity index (χ0) is 13.7. The van der Waals surface area contributed by atoms with Gasteiger partial charge in [0.15, 0.2) is 0 Å². The van der Waals surface area contributed by atoms with Crippen LogP contribution in [0.5, 0.6) is 0 Å². The number of Topliss-reactive ketones (excluding diaryl/α,β-unsaturated/α-hetero) is 1. The third-order valence-electron chi connectivity index (χ3n) is 3.95. The lowest BCUT2D eigenvalue weighted by molar-refractivity contribution is -0.122. The maximum absolute atomic E-state index is 12.3. The van der Waals surface area contributed by atoms with Crippen LogP contribution >= 0.6 is 0 Å². The molecule has 1 heteroatoms. The van der Waals surface area contributed by atoms with Crippen LogP contribution in [0.2, 0.25) is 0 Å². The highest BCUT2D eigenvalue weighted by molar-refractivity contribution is 5.88. The van der Waals surface area contributed by atoms with Gasteiger partial charge in [-0.2, -0.15) is 0 Å². The first-order valence-corrected chi connectivity index (χ1v) is 6.79. The summed E-state index contributed by atoms with van der Waals surface area (Å²) in [4.78, 5) is 12.3. The molecule has 0 aliphatic carbocycles. The highest BCUT2D eigenvalue weighted by Crippen LogP contribution is 2.33. The maximum Gasteiger partial charge on any atom is 0.140 e. The van der Waals surface area contributed by atoms with E-state index < -0.39 is 5.41 Å². The first kappa shape index (κ1) is 13.5. The molecule has 0 aliphatic rings. The van der Waals surface area contributed by atoms with E-state index in [1.165, 1.54) is 5.56 Å². The highest BCUT2D eigenvalue weighted by Gasteiger charge is 2.35. The zero-order valence-corrected chi connectivity index (χ0v) is 11.6. The summed E-state index contributed by atoms with van der Waals surface area (Å²) in [5, 5.41) is 0. The molecule has 0 N–H and O–H groups in total. The van der Waals surface area contributed by atoms with E-state index in [-0.39, 0.29) is 5.78 Å². The van der Waals surface area contributed by atoms with Gasteiger partial charge in [0.05, 0.1) is 5.41 Å². The van der Waals surface area contributed by atoms with Crippen LogP contribution in [0.4, 0.5) is 0 Å². The molecule has 0 fully saturated rings. The Morgan fingerprint density at radius 2 is 1.47 bits per heavy atom. The molecule has 0 saturated heterocycles. The van der Waals surface area contributed by atoms with Crippen molar-refractivity contribution in [2.75, 3.05) is 0 Å². The van der Waals surface area contributed by atoms with Crippen LogP contribution in [0.25, 0.3) is 0 Å². The molecule has 2 aromatic rings. The predicted molar refractivity (Wildman–Crippen MR) is 79.2 cm³/mol. The van der Waals surface area contributed by atoms with Gasteiger partial charge in [0.1, 0.15) is 5.78 Å². The Bertz CT molecular complexity index is 530. The minimum atomic E-state index is -0.400. The maximum atomic E-state index is 12.3. The summed E-state index contributed by atoms with van der Waals surface area (Å²) in [6.45, 7) is 3.80. The molecule has 0 unspecified atom stereocenters. The lowest BCUT2D eigenvalue weighted by Crippen LogP contribution is -2.36. The summed E-state index contributed by atoms with van der Waals surface area (Å²) in [5.41, 5.74) is 1.93. The van der Waals surface area contributed by atoms with E-state index in [0.29, 0.717) is 0 Å². The predicted octanol–water partition coefficient (Wildman–Crippen LogP) is 4.17. The second-order valence-electron chi connectivity index (χ2n) is 5.02. The first-order chi connectivity index (χ1) is 9.19. The lowest BCUT2D eigenvalue weighted by atomic mass is 9.71. The van der Waals surface area contributed by atoms with Crippen LogP contribution < -0.4 is 0 Å². The van der Waals surface area contributed by atoms with E-state index in [0.717, 1.165) is 18.4 Å².